The second kappa shape index (κ2) is 5.25. The van der Waals surface area contributed by atoms with Gasteiger partial charge in [-0.3, -0.25) is 4.98 Å². The van der Waals surface area contributed by atoms with Crippen LogP contribution in [-0.4, -0.2) is 23.6 Å². The van der Waals surface area contributed by atoms with Crippen LogP contribution in [0.3, 0.4) is 0 Å². The molecule has 1 aliphatic rings. The Hall–Kier alpha value is -1.16. The van der Waals surface area contributed by atoms with Gasteiger partial charge >= 0.3 is 0 Å². The van der Waals surface area contributed by atoms with Crippen LogP contribution in [0.1, 0.15) is 37.9 Å². The molecule has 0 radical (unpaired) electrons. The summed E-state index contributed by atoms with van der Waals surface area (Å²) in [4.78, 5) is 8.60. The number of nitrogens with zero attached hydrogens (tertiary/aromatic N) is 2. The number of hydrogen-bond acceptors (Lipinski definition) is 4. The smallest absolute Gasteiger partial charge is 0.236 e. The van der Waals surface area contributed by atoms with Gasteiger partial charge in [-0.15, -0.1) is 0 Å². The molecule has 0 bridgehead atoms. The molecule has 1 heterocycles. The van der Waals surface area contributed by atoms with Crippen LogP contribution in [0.4, 0.5) is 0 Å². The van der Waals surface area contributed by atoms with Crippen molar-refractivity contribution in [1.29, 1.82) is 0 Å². The summed E-state index contributed by atoms with van der Waals surface area (Å²) in [5.41, 5.74) is 0.943. The van der Waals surface area contributed by atoms with Crippen LogP contribution < -0.4 is 10.1 Å². The normalized spacial score (nSPS) is 17.1. The predicted molar refractivity (Wildman–Crippen MR) is 62.3 cm³/mol. The summed E-state index contributed by atoms with van der Waals surface area (Å²) in [7, 11) is 1.65. The quantitative estimate of drug-likeness (QED) is 0.797. The molecule has 88 valence electrons. The van der Waals surface area contributed by atoms with Crippen molar-refractivity contribution in [3.8, 4) is 5.88 Å². The van der Waals surface area contributed by atoms with Crippen LogP contribution in [-0.2, 0) is 0 Å². The Bertz CT molecular complexity index is 339. The van der Waals surface area contributed by atoms with Crippen molar-refractivity contribution in [2.75, 3.05) is 13.7 Å². The first-order valence-corrected chi connectivity index (χ1v) is 5.93. The molecule has 1 saturated carbocycles. The van der Waals surface area contributed by atoms with Gasteiger partial charge < -0.3 is 10.1 Å². The van der Waals surface area contributed by atoms with Gasteiger partial charge in [0.15, 0.2) is 0 Å². The first kappa shape index (κ1) is 11.3. The van der Waals surface area contributed by atoms with Crippen LogP contribution in [0.2, 0.25) is 0 Å². The highest BCUT2D eigenvalue weighted by Gasteiger charge is 2.28. The van der Waals surface area contributed by atoms with Gasteiger partial charge in [-0.2, -0.15) is 0 Å². The van der Waals surface area contributed by atoms with Gasteiger partial charge in [0.2, 0.25) is 5.88 Å². The lowest BCUT2D eigenvalue weighted by molar-refractivity contribution is 0.371. The van der Waals surface area contributed by atoms with Gasteiger partial charge in [0.05, 0.1) is 13.2 Å². The van der Waals surface area contributed by atoms with Crippen LogP contribution in [0.25, 0.3) is 0 Å². The number of rotatable bonds is 6. The highest BCUT2D eigenvalue weighted by Crippen LogP contribution is 2.38. The Balaban J connectivity index is 2.14. The molecule has 1 unspecified atom stereocenters. The van der Waals surface area contributed by atoms with Crippen molar-refractivity contribution in [2.24, 2.45) is 5.92 Å². The standard InChI is InChI=1S/C12H19N3O/c1-3-13-10(8-9-4-5-9)11-12(16-2)15-7-6-14-11/h6-7,9-10,13H,3-5,8H2,1-2H3. The van der Waals surface area contributed by atoms with E-state index in [1.807, 2.05) is 0 Å². The molecule has 0 aliphatic heterocycles. The third-order valence-electron chi connectivity index (χ3n) is 2.93. The summed E-state index contributed by atoms with van der Waals surface area (Å²) < 4.78 is 5.26. The minimum atomic E-state index is 0.279. The topological polar surface area (TPSA) is 47.0 Å². The van der Waals surface area contributed by atoms with E-state index >= 15 is 0 Å². The Kier molecular flexibility index (Phi) is 3.72. The van der Waals surface area contributed by atoms with Gasteiger partial charge in [0.25, 0.3) is 0 Å². The molecule has 0 amide bonds. The lowest BCUT2D eigenvalue weighted by atomic mass is 10.1. The highest BCUT2D eigenvalue weighted by atomic mass is 16.5. The molecule has 16 heavy (non-hydrogen) atoms. The molecule has 1 aliphatic carbocycles. The molecule has 0 spiro atoms. The molecule has 0 aromatic carbocycles. The zero-order valence-corrected chi connectivity index (χ0v) is 9.94. The van der Waals surface area contributed by atoms with Crippen molar-refractivity contribution in [3.05, 3.63) is 18.1 Å². The SMILES string of the molecule is CCNC(CC1CC1)c1nccnc1OC. The van der Waals surface area contributed by atoms with Crippen molar-refractivity contribution in [1.82, 2.24) is 15.3 Å². The Morgan fingerprint density at radius 3 is 2.81 bits per heavy atom. The number of hydrogen-bond donors (Lipinski definition) is 1. The molecule has 0 saturated heterocycles. The summed E-state index contributed by atoms with van der Waals surface area (Å²) in [6.45, 7) is 3.06. The van der Waals surface area contributed by atoms with Crippen molar-refractivity contribution in [2.45, 2.75) is 32.2 Å². The van der Waals surface area contributed by atoms with E-state index in [4.69, 9.17) is 4.74 Å². The maximum Gasteiger partial charge on any atom is 0.236 e. The van der Waals surface area contributed by atoms with E-state index in [0.29, 0.717) is 5.88 Å². The fraction of sp³-hybridized carbons (Fsp3) is 0.667. The van der Waals surface area contributed by atoms with Crippen molar-refractivity contribution >= 4 is 0 Å². The predicted octanol–water partition coefficient (Wildman–Crippen LogP) is 1.94. The number of ether oxygens (including phenoxy) is 1. The molecule has 2 rings (SSSR count). The Morgan fingerprint density at radius 2 is 2.19 bits per heavy atom. The second-order valence-electron chi connectivity index (χ2n) is 4.24. The summed E-state index contributed by atoms with van der Waals surface area (Å²) >= 11 is 0. The van der Waals surface area contributed by atoms with Gasteiger partial charge in [-0.1, -0.05) is 19.8 Å². The third-order valence-corrected chi connectivity index (χ3v) is 2.93. The van der Waals surface area contributed by atoms with E-state index in [1.165, 1.54) is 12.8 Å². The zero-order chi connectivity index (χ0) is 11.4. The maximum absolute atomic E-state index is 5.26. The minimum Gasteiger partial charge on any atom is -0.480 e. The van der Waals surface area contributed by atoms with E-state index in [0.717, 1.165) is 24.6 Å². The maximum atomic E-state index is 5.26. The van der Waals surface area contributed by atoms with Crippen molar-refractivity contribution in [3.63, 3.8) is 0 Å². The highest BCUT2D eigenvalue weighted by molar-refractivity contribution is 5.21. The average Bonchev–Trinajstić information content (AvgIpc) is 3.12. The number of methoxy groups -OCH3 is 1. The first-order valence-electron chi connectivity index (χ1n) is 5.93. The fourth-order valence-corrected chi connectivity index (χ4v) is 1.96. The van der Waals surface area contributed by atoms with Crippen LogP contribution in [0.5, 0.6) is 5.88 Å². The number of nitrogens with one attached hydrogen (secondary N) is 1. The first-order chi connectivity index (χ1) is 7.85. The molecule has 4 heteroatoms. The molecule has 1 atom stereocenters. The average molecular weight is 221 g/mol. The van der Waals surface area contributed by atoms with Gasteiger partial charge in [0.1, 0.15) is 5.69 Å². The van der Waals surface area contributed by atoms with E-state index in [1.54, 1.807) is 19.5 Å². The Morgan fingerprint density at radius 1 is 1.44 bits per heavy atom. The summed E-state index contributed by atoms with van der Waals surface area (Å²) in [5, 5.41) is 3.46. The van der Waals surface area contributed by atoms with Crippen molar-refractivity contribution < 1.29 is 4.74 Å². The largest absolute Gasteiger partial charge is 0.480 e. The fourth-order valence-electron chi connectivity index (χ4n) is 1.96. The lowest BCUT2D eigenvalue weighted by Crippen LogP contribution is -2.23. The molecule has 1 aromatic rings. The molecule has 1 N–H and O–H groups in total. The molecule has 1 fully saturated rings. The summed E-state index contributed by atoms with van der Waals surface area (Å²) in [5.74, 6) is 1.50. The van der Waals surface area contributed by atoms with Crippen LogP contribution in [0, 0.1) is 5.92 Å². The molecule has 4 nitrogen and oxygen atoms in total. The molecular formula is C12H19N3O. The monoisotopic (exact) mass is 221 g/mol. The zero-order valence-electron chi connectivity index (χ0n) is 9.94. The van der Waals surface area contributed by atoms with Gasteiger partial charge in [-0.25, -0.2) is 4.98 Å². The van der Waals surface area contributed by atoms with Crippen LogP contribution >= 0.6 is 0 Å². The summed E-state index contributed by atoms with van der Waals surface area (Å²) in [6, 6.07) is 0.279. The minimum absolute atomic E-state index is 0.279. The van der Waals surface area contributed by atoms with E-state index in [9.17, 15) is 0 Å². The third kappa shape index (κ3) is 2.70. The second-order valence-corrected chi connectivity index (χ2v) is 4.24. The Labute approximate surface area is 96.4 Å². The van der Waals surface area contributed by atoms with Gasteiger partial charge in [-0.05, 0) is 18.9 Å². The van der Waals surface area contributed by atoms with E-state index < -0.39 is 0 Å². The van der Waals surface area contributed by atoms with E-state index in [-0.39, 0.29) is 6.04 Å². The van der Waals surface area contributed by atoms with Crippen LogP contribution in [0.15, 0.2) is 12.4 Å². The summed E-state index contributed by atoms with van der Waals surface area (Å²) in [6.07, 6.45) is 7.25. The molecule has 1 aromatic heterocycles. The molecular weight excluding hydrogens is 202 g/mol. The van der Waals surface area contributed by atoms with E-state index in [2.05, 4.69) is 22.2 Å². The lowest BCUT2D eigenvalue weighted by Gasteiger charge is -2.18. The van der Waals surface area contributed by atoms with Gasteiger partial charge in [0, 0.05) is 12.4 Å². The number of aromatic nitrogens is 2.